The molecule has 0 spiro atoms. The molecule has 17 heavy (non-hydrogen) atoms. The Labute approximate surface area is 103 Å². The van der Waals surface area contributed by atoms with Crippen LogP contribution in [-0.2, 0) is 14.9 Å². The maximum absolute atomic E-state index is 11.7. The average molecular weight is 262 g/mol. The Hall–Kier alpha value is -1.26. The molecule has 0 atom stereocenters. The lowest BCUT2D eigenvalue weighted by Crippen LogP contribution is -2.44. The first-order chi connectivity index (χ1) is 7.83. The topological polar surface area (TPSA) is 75.7 Å². The molecule has 6 nitrogen and oxygen atoms in total. The van der Waals surface area contributed by atoms with E-state index >= 15 is 0 Å². The maximum atomic E-state index is 11.7. The van der Waals surface area contributed by atoms with Crippen LogP contribution in [0.5, 0.6) is 0 Å². The lowest BCUT2D eigenvalue weighted by molar-refractivity contribution is 0.121. The van der Waals surface area contributed by atoms with Gasteiger partial charge in [-0.1, -0.05) is 12.8 Å². The molecule has 0 aromatic heterocycles. The molecular formula is C10H18N2O4S. The van der Waals surface area contributed by atoms with Crippen LogP contribution in [0.3, 0.4) is 0 Å². The molecule has 0 saturated heterocycles. The molecule has 0 radical (unpaired) electrons. The van der Waals surface area contributed by atoms with Gasteiger partial charge in [0.2, 0.25) is 0 Å². The van der Waals surface area contributed by atoms with Gasteiger partial charge in [-0.3, -0.25) is 0 Å². The van der Waals surface area contributed by atoms with Crippen LogP contribution >= 0.6 is 0 Å². The van der Waals surface area contributed by atoms with E-state index in [2.05, 4.69) is 10.7 Å². The van der Waals surface area contributed by atoms with E-state index in [1.165, 1.54) is 0 Å². The van der Waals surface area contributed by atoms with Gasteiger partial charge in [0.1, 0.15) is 0 Å². The fourth-order valence-corrected chi connectivity index (χ4v) is 2.10. The lowest BCUT2D eigenvalue weighted by Gasteiger charge is -2.19. The summed E-state index contributed by atoms with van der Waals surface area (Å²) in [7, 11) is -3.93. The average Bonchev–Trinajstić information content (AvgIpc) is 2.14. The van der Waals surface area contributed by atoms with Gasteiger partial charge in [0, 0.05) is 6.54 Å². The SMILES string of the molecule is C#CCN(CCC)S(=O)(=O)NC(=O)OC(C)C. The zero-order valence-electron chi connectivity index (χ0n) is 10.3. The van der Waals surface area contributed by atoms with Crippen molar-refractivity contribution in [3.05, 3.63) is 0 Å². The number of carbonyl (C=O) groups is 1. The minimum Gasteiger partial charge on any atom is -0.446 e. The largest absolute Gasteiger partial charge is 0.446 e. The number of hydrogen-bond acceptors (Lipinski definition) is 4. The Balaban J connectivity index is 4.63. The maximum Gasteiger partial charge on any atom is 0.422 e. The molecular weight excluding hydrogens is 244 g/mol. The van der Waals surface area contributed by atoms with Crippen molar-refractivity contribution in [2.75, 3.05) is 13.1 Å². The van der Waals surface area contributed by atoms with Gasteiger partial charge < -0.3 is 4.74 Å². The summed E-state index contributed by atoms with van der Waals surface area (Å²) >= 11 is 0. The lowest BCUT2D eigenvalue weighted by atomic mass is 10.5. The smallest absolute Gasteiger partial charge is 0.422 e. The summed E-state index contributed by atoms with van der Waals surface area (Å²) in [4.78, 5) is 11.2. The standard InChI is InChI=1S/C10H18N2O4S/c1-5-7-12(8-6-2)17(14,15)11-10(13)16-9(3)4/h1,9H,6-8H2,2-4H3,(H,11,13). The highest BCUT2D eigenvalue weighted by Crippen LogP contribution is 2.00. The predicted octanol–water partition coefficient (Wildman–Crippen LogP) is 0.711. The summed E-state index contributed by atoms with van der Waals surface area (Å²) in [6.07, 6.45) is 4.27. The normalized spacial score (nSPS) is 11.3. The fraction of sp³-hybridized carbons (Fsp3) is 0.700. The van der Waals surface area contributed by atoms with E-state index in [9.17, 15) is 13.2 Å². The third-order valence-electron chi connectivity index (χ3n) is 1.64. The van der Waals surface area contributed by atoms with Crippen molar-refractivity contribution < 1.29 is 17.9 Å². The Morgan fingerprint density at radius 3 is 2.53 bits per heavy atom. The number of nitrogens with zero attached hydrogens (tertiary/aromatic N) is 1. The van der Waals surface area contributed by atoms with Crippen molar-refractivity contribution in [3.63, 3.8) is 0 Å². The van der Waals surface area contributed by atoms with Gasteiger partial charge in [-0.2, -0.15) is 12.7 Å². The summed E-state index contributed by atoms with van der Waals surface area (Å²) in [5, 5.41) is 0. The van der Waals surface area contributed by atoms with Crippen LogP contribution in [0.1, 0.15) is 27.2 Å². The minimum absolute atomic E-state index is 0.0852. The second-order valence-corrected chi connectivity index (χ2v) is 5.27. The van der Waals surface area contributed by atoms with Gasteiger partial charge >= 0.3 is 16.3 Å². The van der Waals surface area contributed by atoms with Crippen LogP contribution in [0, 0.1) is 12.3 Å². The third-order valence-corrected chi connectivity index (χ3v) is 3.05. The number of carbonyl (C=O) groups excluding carboxylic acids is 1. The summed E-state index contributed by atoms with van der Waals surface area (Å²) < 4.78 is 30.9. The molecule has 0 heterocycles. The predicted molar refractivity (Wildman–Crippen MR) is 64.4 cm³/mol. The highest BCUT2D eigenvalue weighted by atomic mass is 32.2. The second-order valence-electron chi connectivity index (χ2n) is 3.60. The van der Waals surface area contributed by atoms with E-state index in [0.29, 0.717) is 6.42 Å². The number of rotatable bonds is 6. The molecule has 0 bridgehead atoms. The van der Waals surface area contributed by atoms with Crippen molar-refractivity contribution in [1.29, 1.82) is 0 Å². The van der Waals surface area contributed by atoms with E-state index in [1.54, 1.807) is 18.6 Å². The first kappa shape index (κ1) is 15.7. The van der Waals surface area contributed by atoms with E-state index in [4.69, 9.17) is 6.42 Å². The van der Waals surface area contributed by atoms with Crippen molar-refractivity contribution in [3.8, 4) is 12.3 Å². The zero-order chi connectivity index (χ0) is 13.5. The molecule has 0 saturated carbocycles. The zero-order valence-corrected chi connectivity index (χ0v) is 11.1. The Morgan fingerprint density at radius 1 is 1.53 bits per heavy atom. The fourth-order valence-electron chi connectivity index (χ4n) is 1.04. The Bertz CT molecular complexity index is 384. The van der Waals surface area contributed by atoms with Crippen molar-refractivity contribution >= 4 is 16.3 Å². The quantitative estimate of drug-likeness (QED) is 0.715. The first-order valence-corrected chi connectivity index (χ1v) is 6.69. The minimum atomic E-state index is -3.93. The second kappa shape index (κ2) is 7.14. The summed E-state index contributed by atoms with van der Waals surface area (Å²) in [6.45, 7) is 5.22. The molecule has 0 aromatic carbocycles. The van der Waals surface area contributed by atoms with Crippen LogP contribution in [0.15, 0.2) is 0 Å². The number of amides is 1. The molecule has 1 N–H and O–H groups in total. The highest BCUT2D eigenvalue weighted by Gasteiger charge is 2.23. The molecule has 98 valence electrons. The summed E-state index contributed by atoms with van der Waals surface area (Å²) in [5.41, 5.74) is 0. The van der Waals surface area contributed by atoms with Crippen LogP contribution < -0.4 is 4.72 Å². The number of nitrogens with one attached hydrogen (secondary N) is 1. The van der Waals surface area contributed by atoms with E-state index in [1.807, 2.05) is 6.92 Å². The highest BCUT2D eigenvalue weighted by molar-refractivity contribution is 7.87. The van der Waals surface area contributed by atoms with Gasteiger partial charge in [0.05, 0.1) is 12.6 Å². The van der Waals surface area contributed by atoms with Gasteiger partial charge in [-0.25, -0.2) is 9.52 Å². The summed E-state index contributed by atoms with van der Waals surface area (Å²) in [6, 6.07) is 0. The molecule has 0 aliphatic heterocycles. The van der Waals surface area contributed by atoms with E-state index in [-0.39, 0.29) is 13.1 Å². The van der Waals surface area contributed by atoms with Gasteiger partial charge in [0.25, 0.3) is 0 Å². The molecule has 0 fully saturated rings. The molecule has 1 amide bonds. The Kier molecular flexibility index (Phi) is 6.61. The van der Waals surface area contributed by atoms with Crippen molar-refractivity contribution in [1.82, 2.24) is 9.03 Å². The molecule has 7 heteroatoms. The van der Waals surface area contributed by atoms with Crippen molar-refractivity contribution in [2.24, 2.45) is 0 Å². The third kappa shape index (κ3) is 6.14. The summed E-state index contributed by atoms with van der Waals surface area (Å²) in [5.74, 6) is 2.23. The van der Waals surface area contributed by atoms with Gasteiger partial charge in [0.15, 0.2) is 0 Å². The first-order valence-electron chi connectivity index (χ1n) is 5.25. The van der Waals surface area contributed by atoms with Gasteiger partial charge in [-0.15, -0.1) is 6.42 Å². The van der Waals surface area contributed by atoms with Crippen LogP contribution in [-0.4, -0.2) is 38.0 Å². The van der Waals surface area contributed by atoms with Crippen LogP contribution in [0.4, 0.5) is 4.79 Å². The molecule has 0 aliphatic carbocycles. The number of ether oxygens (including phenoxy) is 1. The van der Waals surface area contributed by atoms with Crippen molar-refractivity contribution in [2.45, 2.75) is 33.3 Å². The number of terminal acetylenes is 1. The molecule has 0 aromatic rings. The Morgan fingerprint density at radius 2 is 2.12 bits per heavy atom. The van der Waals surface area contributed by atoms with Gasteiger partial charge in [-0.05, 0) is 20.3 Å². The van der Waals surface area contributed by atoms with Crippen LogP contribution in [0.25, 0.3) is 0 Å². The van der Waals surface area contributed by atoms with Crippen LogP contribution in [0.2, 0.25) is 0 Å². The molecule has 0 aliphatic rings. The van der Waals surface area contributed by atoms with E-state index < -0.39 is 22.4 Å². The molecule has 0 unspecified atom stereocenters. The monoisotopic (exact) mass is 262 g/mol. The van der Waals surface area contributed by atoms with E-state index in [0.717, 1.165) is 4.31 Å². The molecule has 0 rings (SSSR count). The number of hydrogen-bond donors (Lipinski definition) is 1.